The molecule has 1 N–H and O–H groups in total. The van der Waals surface area contributed by atoms with Crippen LogP contribution in [0.5, 0.6) is 0 Å². The van der Waals surface area contributed by atoms with E-state index < -0.39 is 5.97 Å². The maximum absolute atomic E-state index is 12.4. The van der Waals surface area contributed by atoms with Crippen molar-refractivity contribution in [2.24, 2.45) is 11.3 Å². The zero-order chi connectivity index (χ0) is 14.5. The molecule has 5 nitrogen and oxygen atoms in total. The number of hydrogen-bond acceptors (Lipinski definition) is 3. The number of carboxylic acids is 1. The second kappa shape index (κ2) is 4.36. The fraction of sp³-hybridized carbons (Fsp3) is 0.600. The van der Waals surface area contributed by atoms with Gasteiger partial charge in [-0.15, -0.1) is 0 Å². The Hall–Kier alpha value is -1.78. The molecule has 1 atom stereocenters. The first kappa shape index (κ1) is 13.2. The fourth-order valence-corrected chi connectivity index (χ4v) is 3.40. The number of piperidine rings is 1. The monoisotopic (exact) mass is 277 g/mol. The number of furan rings is 1. The zero-order valence-corrected chi connectivity index (χ0v) is 11.8. The molecule has 1 saturated heterocycles. The molecule has 1 amide bonds. The van der Waals surface area contributed by atoms with Crippen LogP contribution in [-0.4, -0.2) is 35.0 Å². The van der Waals surface area contributed by atoms with Crippen molar-refractivity contribution >= 4 is 11.9 Å². The van der Waals surface area contributed by atoms with Crippen LogP contribution in [0.3, 0.4) is 0 Å². The number of aliphatic carboxylic acids is 1. The van der Waals surface area contributed by atoms with E-state index in [2.05, 4.69) is 0 Å². The molecule has 0 bridgehead atoms. The van der Waals surface area contributed by atoms with Crippen molar-refractivity contribution in [1.82, 2.24) is 4.90 Å². The molecule has 108 valence electrons. The van der Waals surface area contributed by atoms with Crippen molar-refractivity contribution in [2.45, 2.75) is 33.1 Å². The van der Waals surface area contributed by atoms with Gasteiger partial charge in [0.25, 0.3) is 5.91 Å². The molecule has 3 rings (SSSR count). The van der Waals surface area contributed by atoms with E-state index >= 15 is 0 Å². The van der Waals surface area contributed by atoms with Crippen LogP contribution in [0.1, 0.15) is 41.1 Å². The van der Waals surface area contributed by atoms with Crippen molar-refractivity contribution in [2.75, 3.05) is 13.1 Å². The van der Waals surface area contributed by atoms with Gasteiger partial charge in [0, 0.05) is 18.7 Å². The summed E-state index contributed by atoms with van der Waals surface area (Å²) < 4.78 is 5.47. The molecular formula is C15H19NO4. The lowest BCUT2D eigenvalue weighted by Crippen LogP contribution is -2.40. The number of aryl methyl sites for hydroxylation is 2. The van der Waals surface area contributed by atoms with Gasteiger partial charge in [-0.3, -0.25) is 9.59 Å². The van der Waals surface area contributed by atoms with Crippen molar-refractivity contribution < 1.29 is 19.1 Å². The summed E-state index contributed by atoms with van der Waals surface area (Å²) >= 11 is 0. The molecule has 1 spiro atoms. The molecule has 0 aromatic carbocycles. The normalized spacial score (nSPS) is 23.9. The van der Waals surface area contributed by atoms with Crippen LogP contribution >= 0.6 is 0 Å². The largest absolute Gasteiger partial charge is 0.481 e. The van der Waals surface area contributed by atoms with Crippen LogP contribution in [0, 0.1) is 25.2 Å². The first-order chi connectivity index (χ1) is 9.43. The maximum Gasteiger partial charge on any atom is 0.307 e. The van der Waals surface area contributed by atoms with Gasteiger partial charge in [-0.1, -0.05) is 0 Å². The smallest absolute Gasteiger partial charge is 0.307 e. The van der Waals surface area contributed by atoms with E-state index in [1.54, 1.807) is 4.90 Å². The number of rotatable bonds is 2. The molecule has 5 heteroatoms. The summed E-state index contributed by atoms with van der Waals surface area (Å²) in [5, 5.41) is 9.07. The zero-order valence-electron chi connectivity index (χ0n) is 11.8. The van der Waals surface area contributed by atoms with Crippen LogP contribution in [0.2, 0.25) is 0 Å². The predicted octanol–water partition coefficient (Wildman–Crippen LogP) is 2.22. The van der Waals surface area contributed by atoms with E-state index in [0.717, 1.165) is 30.6 Å². The van der Waals surface area contributed by atoms with Gasteiger partial charge in [0.15, 0.2) is 5.76 Å². The number of amides is 1. The number of nitrogens with zero attached hydrogens (tertiary/aromatic N) is 1. The third-order valence-electron chi connectivity index (χ3n) is 4.77. The molecule has 0 unspecified atom stereocenters. The van der Waals surface area contributed by atoms with Crippen LogP contribution in [0.4, 0.5) is 0 Å². The minimum Gasteiger partial charge on any atom is -0.481 e. The third kappa shape index (κ3) is 2.01. The molecule has 2 fully saturated rings. The van der Waals surface area contributed by atoms with E-state index in [0.29, 0.717) is 18.8 Å². The quantitative estimate of drug-likeness (QED) is 0.899. The minimum absolute atomic E-state index is 0.0449. The van der Waals surface area contributed by atoms with Crippen LogP contribution < -0.4 is 0 Å². The van der Waals surface area contributed by atoms with Gasteiger partial charge in [-0.25, -0.2) is 0 Å². The number of carbonyl (C=O) groups is 2. The topological polar surface area (TPSA) is 70.8 Å². The highest BCUT2D eigenvalue weighted by atomic mass is 16.4. The lowest BCUT2D eigenvalue weighted by atomic mass is 9.90. The summed E-state index contributed by atoms with van der Waals surface area (Å²) in [5.74, 6) is 0.198. The van der Waals surface area contributed by atoms with E-state index in [9.17, 15) is 9.59 Å². The van der Waals surface area contributed by atoms with Crippen LogP contribution in [0.25, 0.3) is 0 Å². The second-order valence-electron chi connectivity index (χ2n) is 6.12. The van der Waals surface area contributed by atoms with Crippen molar-refractivity contribution in [3.05, 3.63) is 23.2 Å². The predicted molar refractivity (Wildman–Crippen MR) is 71.5 cm³/mol. The Morgan fingerprint density at radius 1 is 1.35 bits per heavy atom. The van der Waals surface area contributed by atoms with Gasteiger partial charge in [-0.05, 0) is 44.6 Å². The Balaban J connectivity index is 1.66. The molecule has 2 aliphatic rings. The van der Waals surface area contributed by atoms with Gasteiger partial charge in [-0.2, -0.15) is 0 Å². The summed E-state index contributed by atoms with van der Waals surface area (Å²) in [5.41, 5.74) is 0.819. The highest BCUT2D eigenvalue weighted by Crippen LogP contribution is 2.59. The average Bonchev–Trinajstić information content (AvgIpc) is 2.99. The minimum atomic E-state index is -0.692. The van der Waals surface area contributed by atoms with Crippen LogP contribution in [-0.2, 0) is 4.79 Å². The van der Waals surface area contributed by atoms with E-state index in [-0.39, 0.29) is 17.2 Å². The molecule has 1 aliphatic heterocycles. The lowest BCUT2D eigenvalue weighted by molar-refractivity contribution is -0.139. The van der Waals surface area contributed by atoms with E-state index in [4.69, 9.17) is 9.52 Å². The molecule has 1 aromatic heterocycles. The first-order valence-electron chi connectivity index (χ1n) is 7.02. The van der Waals surface area contributed by atoms with Gasteiger partial charge in [0.2, 0.25) is 0 Å². The molecule has 1 aliphatic carbocycles. The molecular weight excluding hydrogens is 258 g/mol. The Morgan fingerprint density at radius 3 is 2.45 bits per heavy atom. The standard InChI is InChI=1S/C15H19NO4/c1-9-7-10(2)20-12(9)13(17)16-5-3-15(4-6-16)8-11(15)14(18)19/h7,11H,3-6,8H2,1-2H3,(H,18,19)/t11-/m1/s1. The van der Waals surface area contributed by atoms with Crippen LogP contribution in [0.15, 0.2) is 10.5 Å². The Morgan fingerprint density at radius 2 is 2.00 bits per heavy atom. The summed E-state index contributed by atoms with van der Waals surface area (Å²) in [6.07, 6.45) is 2.34. The van der Waals surface area contributed by atoms with Crippen molar-refractivity contribution in [3.63, 3.8) is 0 Å². The Bertz CT molecular complexity index is 566. The lowest BCUT2D eigenvalue weighted by Gasteiger charge is -2.32. The first-order valence-corrected chi connectivity index (χ1v) is 7.02. The highest BCUT2D eigenvalue weighted by Gasteiger charge is 2.59. The van der Waals surface area contributed by atoms with E-state index in [1.165, 1.54) is 0 Å². The SMILES string of the molecule is Cc1cc(C)c(C(=O)N2CCC3(CC2)C[C@@H]3C(=O)O)o1. The molecule has 20 heavy (non-hydrogen) atoms. The number of carbonyl (C=O) groups excluding carboxylic acids is 1. The average molecular weight is 277 g/mol. The summed E-state index contributed by atoms with van der Waals surface area (Å²) in [6, 6.07) is 1.86. The molecule has 2 heterocycles. The summed E-state index contributed by atoms with van der Waals surface area (Å²) in [4.78, 5) is 25.2. The summed E-state index contributed by atoms with van der Waals surface area (Å²) in [7, 11) is 0. The fourth-order valence-electron chi connectivity index (χ4n) is 3.40. The van der Waals surface area contributed by atoms with Gasteiger partial charge < -0.3 is 14.4 Å². The molecule has 1 aromatic rings. The Kier molecular flexibility index (Phi) is 2.88. The number of hydrogen-bond donors (Lipinski definition) is 1. The van der Waals surface area contributed by atoms with Crippen molar-refractivity contribution in [3.8, 4) is 0 Å². The van der Waals surface area contributed by atoms with Crippen molar-refractivity contribution in [1.29, 1.82) is 0 Å². The highest BCUT2D eigenvalue weighted by molar-refractivity contribution is 5.93. The van der Waals surface area contributed by atoms with Gasteiger partial charge in [0.1, 0.15) is 5.76 Å². The second-order valence-corrected chi connectivity index (χ2v) is 6.12. The third-order valence-corrected chi connectivity index (χ3v) is 4.77. The Labute approximate surface area is 117 Å². The van der Waals surface area contributed by atoms with Gasteiger partial charge in [0.05, 0.1) is 5.92 Å². The molecule has 1 saturated carbocycles. The maximum atomic E-state index is 12.4. The van der Waals surface area contributed by atoms with E-state index in [1.807, 2.05) is 19.9 Å². The number of likely N-dealkylation sites (tertiary alicyclic amines) is 1. The summed E-state index contributed by atoms with van der Waals surface area (Å²) in [6.45, 7) is 4.96. The van der Waals surface area contributed by atoms with Gasteiger partial charge >= 0.3 is 5.97 Å². The number of carboxylic acid groups (broad SMARTS) is 1. The molecule has 0 radical (unpaired) electrons.